The lowest BCUT2D eigenvalue weighted by atomic mass is 10.1. The average Bonchev–Trinajstić information content (AvgIpc) is 2.48. The maximum atomic E-state index is 12.2. The van der Waals surface area contributed by atoms with E-state index in [2.05, 4.69) is 34.5 Å². The number of nitrogens with zero attached hydrogens (tertiary/aromatic N) is 2. The molecule has 1 aliphatic rings. The molecule has 1 atom stereocenters. The summed E-state index contributed by atoms with van der Waals surface area (Å²) in [6.07, 6.45) is 4.25. The van der Waals surface area contributed by atoms with Crippen molar-refractivity contribution in [3.63, 3.8) is 0 Å². The predicted molar refractivity (Wildman–Crippen MR) is 82.4 cm³/mol. The van der Waals surface area contributed by atoms with Gasteiger partial charge < -0.3 is 10.2 Å². The van der Waals surface area contributed by atoms with Crippen molar-refractivity contribution in [2.24, 2.45) is 0 Å². The molecule has 2 rings (SSSR count). The van der Waals surface area contributed by atoms with Crippen molar-refractivity contribution in [3.05, 3.63) is 42.0 Å². The number of nitrogens with one attached hydrogen (secondary N) is 1. The van der Waals surface area contributed by atoms with Gasteiger partial charge in [-0.3, -0.25) is 9.69 Å². The number of hydrogen-bond acceptors (Lipinski definition) is 3. The normalized spacial score (nSPS) is 20.2. The SMILES string of the molecule is CN(C)C(=O)C1CNCCN1CC=Cc1ccccc1. The highest BCUT2D eigenvalue weighted by Crippen LogP contribution is 2.07. The van der Waals surface area contributed by atoms with Gasteiger partial charge in [0.15, 0.2) is 0 Å². The van der Waals surface area contributed by atoms with Crippen LogP contribution in [0, 0.1) is 0 Å². The number of carbonyl (C=O) groups is 1. The molecule has 4 nitrogen and oxygen atoms in total. The summed E-state index contributed by atoms with van der Waals surface area (Å²) in [4.78, 5) is 16.1. The fraction of sp³-hybridized carbons (Fsp3) is 0.438. The van der Waals surface area contributed by atoms with Crippen molar-refractivity contribution in [3.8, 4) is 0 Å². The van der Waals surface area contributed by atoms with Gasteiger partial charge in [0.1, 0.15) is 6.04 Å². The smallest absolute Gasteiger partial charge is 0.240 e. The van der Waals surface area contributed by atoms with Crippen molar-refractivity contribution < 1.29 is 4.79 Å². The first-order valence-corrected chi connectivity index (χ1v) is 7.06. The molecule has 1 aromatic rings. The van der Waals surface area contributed by atoms with Crippen LogP contribution in [0.5, 0.6) is 0 Å². The Morgan fingerprint density at radius 1 is 1.40 bits per heavy atom. The van der Waals surface area contributed by atoms with E-state index >= 15 is 0 Å². The highest BCUT2D eigenvalue weighted by Gasteiger charge is 2.28. The minimum Gasteiger partial charge on any atom is -0.347 e. The molecule has 1 saturated heterocycles. The summed E-state index contributed by atoms with van der Waals surface area (Å²) < 4.78 is 0. The van der Waals surface area contributed by atoms with E-state index in [1.165, 1.54) is 5.56 Å². The largest absolute Gasteiger partial charge is 0.347 e. The lowest BCUT2D eigenvalue weighted by Gasteiger charge is -2.35. The van der Waals surface area contributed by atoms with E-state index < -0.39 is 0 Å². The van der Waals surface area contributed by atoms with E-state index in [0.29, 0.717) is 0 Å². The third-order valence-corrected chi connectivity index (χ3v) is 3.53. The maximum absolute atomic E-state index is 12.2. The highest BCUT2D eigenvalue weighted by molar-refractivity contribution is 5.81. The van der Waals surface area contributed by atoms with E-state index in [-0.39, 0.29) is 11.9 Å². The topological polar surface area (TPSA) is 35.6 Å². The molecule has 0 aromatic heterocycles. The molecule has 1 fully saturated rings. The van der Waals surface area contributed by atoms with Crippen molar-refractivity contribution in [1.29, 1.82) is 0 Å². The third-order valence-electron chi connectivity index (χ3n) is 3.53. The molecule has 0 saturated carbocycles. The number of carbonyl (C=O) groups excluding carboxylic acids is 1. The Morgan fingerprint density at radius 3 is 2.85 bits per heavy atom. The molecule has 0 spiro atoms. The average molecular weight is 273 g/mol. The quantitative estimate of drug-likeness (QED) is 0.891. The Hall–Kier alpha value is -1.65. The van der Waals surface area contributed by atoms with Gasteiger partial charge in [0.25, 0.3) is 0 Å². The summed E-state index contributed by atoms with van der Waals surface area (Å²) >= 11 is 0. The van der Waals surface area contributed by atoms with Crippen LogP contribution in [0.1, 0.15) is 5.56 Å². The van der Waals surface area contributed by atoms with Crippen LogP contribution in [0.4, 0.5) is 0 Å². The van der Waals surface area contributed by atoms with Gasteiger partial charge in [0.05, 0.1) is 0 Å². The summed E-state index contributed by atoms with van der Waals surface area (Å²) in [5.41, 5.74) is 1.19. The van der Waals surface area contributed by atoms with Crippen molar-refractivity contribution in [1.82, 2.24) is 15.1 Å². The first kappa shape index (κ1) is 14.8. The number of rotatable bonds is 4. The van der Waals surface area contributed by atoms with Gasteiger partial charge in [0.2, 0.25) is 5.91 Å². The second-order valence-corrected chi connectivity index (χ2v) is 5.26. The molecule has 4 heteroatoms. The zero-order valence-corrected chi connectivity index (χ0v) is 12.2. The summed E-state index contributed by atoms with van der Waals surface area (Å²) in [6, 6.07) is 10.2. The Bertz CT molecular complexity index is 456. The molecular weight excluding hydrogens is 250 g/mol. The number of hydrogen-bond donors (Lipinski definition) is 1. The van der Waals surface area contributed by atoms with Crippen molar-refractivity contribution in [2.75, 3.05) is 40.3 Å². The van der Waals surface area contributed by atoms with Crippen LogP contribution in [0.2, 0.25) is 0 Å². The van der Waals surface area contributed by atoms with Crippen LogP contribution in [0.15, 0.2) is 36.4 Å². The number of amides is 1. The minimum atomic E-state index is -0.0563. The fourth-order valence-electron chi connectivity index (χ4n) is 2.39. The summed E-state index contributed by atoms with van der Waals surface area (Å²) in [5.74, 6) is 0.172. The number of benzene rings is 1. The van der Waals surface area contributed by atoms with Crippen LogP contribution in [-0.4, -0.2) is 62.0 Å². The Balaban J connectivity index is 1.95. The second kappa shape index (κ2) is 7.22. The van der Waals surface area contributed by atoms with E-state index in [1.54, 1.807) is 4.90 Å². The summed E-state index contributed by atoms with van der Waals surface area (Å²) in [5, 5.41) is 3.30. The van der Waals surface area contributed by atoms with Crippen LogP contribution < -0.4 is 5.32 Å². The first-order valence-electron chi connectivity index (χ1n) is 7.06. The van der Waals surface area contributed by atoms with Gasteiger partial charge in [-0.1, -0.05) is 42.5 Å². The lowest BCUT2D eigenvalue weighted by Crippen LogP contribution is -2.57. The molecule has 1 N–H and O–H groups in total. The summed E-state index contributed by atoms with van der Waals surface area (Å²) in [7, 11) is 3.63. The van der Waals surface area contributed by atoms with E-state index in [4.69, 9.17) is 0 Å². The molecule has 1 unspecified atom stereocenters. The second-order valence-electron chi connectivity index (χ2n) is 5.26. The molecule has 1 aliphatic heterocycles. The van der Waals surface area contributed by atoms with Gasteiger partial charge in [-0.05, 0) is 5.56 Å². The van der Waals surface area contributed by atoms with Crippen LogP contribution in [0.3, 0.4) is 0 Å². The van der Waals surface area contributed by atoms with Gasteiger partial charge in [-0.25, -0.2) is 0 Å². The van der Waals surface area contributed by atoms with Crippen molar-refractivity contribution >= 4 is 12.0 Å². The van der Waals surface area contributed by atoms with E-state index in [0.717, 1.165) is 26.2 Å². The first-order chi connectivity index (χ1) is 9.68. The number of likely N-dealkylation sites (N-methyl/N-ethyl adjacent to an activating group) is 1. The lowest BCUT2D eigenvalue weighted by molar-refractivity contribution is -0.134. The Labute approximate surface area is 121 Å². The molecule has 1 aromatic carbocycles. The molecule has 0 radical (unpaired) electrons. The van der Waals surface area contributed by atoms with E-state index in [9.17, 15) is 4.79 Å². The molecule has 0 bridgehead atoms. The van der Waals surface area contributed by atoms with Gasteiger partial charge in [-0.15, -0.1) is 0 Å². The molecule has 1 amide bonds. The van der Waals surface area contributed by atoms with Crippen molar-refractivity contribution in [2.45, 2.75) is 6.04 Å². The Morgan fingerprint density at radius 2 is 2.15 bits per heavy atom. The molecule has 20 heavy (non-hydrogen) atoms. The van der Waals surface area contributed by atoms with Crippen LogP contribution in [0.25, 0.3) is 6.08 Å². The van der Waals surface area contributed by atoms with Gasteiger partial charge >= 0.3 is 0 Å². The third kappa shape index (κ3) is 3.92. The van der Waals surface area contributed by atoms with E-state index in [1.807, 2.05) is 32.3 Å². The Kier molecular flexibility index (Phi) is 5.32. The monoisotopic (exact) mass is 273 g/mol. The standard InChI is InChI=1S/C16H23N3O/c1-18(2)16(20)15-13-17-10-12-19(15)11-6-9-14-7-4-3-5-8-14/h3-9,15,17H,10-13H2,1-2H3. The molecule has 108 valence electrons. The molecule has 1 heterocycles. The molecule has 0 aliphatic carbocycles. The summed E-state index contributed by atoms with van der Waals surface area (Å²) in [6.45, 7) is 3.39. The minimum absolute atomic E-state index is 0.0563. The fourth-order valence-corrected chi connectivity index (χ4v) is 2.39. The zero-order valence-electron chi connectivity index (χ0n) is 12.2. The number of piperazine rings is 1. The van der Waals surface area contributed by atoms with Gasteiger partial charge in [0, 0.05) is 40.3 Å². The van der Waals surface area contributed by atoms with Crippen LogP contribution >= 0.6 is 0 Å². The zero-order chi connectivity index (χ0) is 14.4. The maximum Gasteiger partial charge on any atom is 0.240 e. The van der Waals surface area contributed by atoms with Gasteiger partial charge in [-0.2, -0.15) is 0 Å². The van der Waals surface area contributed by atoms with Crippen LogP contribution in [-0.2, 0) is 4.79 Å². The predicted octanol–water partition coefficient (Wildman–Crippen LogP) is 1.06. The highest BCUT2D eigenvalue weighted by atomic mass is 16.2. The molecular formula is C16H23N3O.